The molecule has 0 aromatic heterocycles. The van der Waals surface area contributed by atoms with Crippen LogP contribution in [-0.2, 0) is 6.42 Å². The molecule has 0 fully saturated rings. The Morgan fingerprint density at radius 3 is 2.67 bits per heavy atom. The van der Waals surface area contributed by atoms with Crippen molar-refractivity contribution in [3.05, 3.63) is 99.6 Å². The topological polar surface area (TPSA) is 52.2 Å². The van der Waals surface area contributed by atoms with Crippen molar-refractivity contribution in [3.8, 4) is 0 Å². The van der Waals surface area contributed by atoms with Crippen molar-refractivity contribution in [3.63, 3.8) is 0 Å². The van der Waals surface area contributed by atoms with Crippen LogP contribution in [0.4, 0.5) is 5.69 Å². The fourth-order valence-corrected chi connectivity index (χ4v) is 4.92. The Balaban J connectivity index is 1.69. The van der Waals surface area contributed by atoms with Gasteiger partial charge in [0.05, 0.1) is 12.0 Å². The Bertz CT molecular complexity index is 1060. The van der Waals surface area contributed by atoms with Gasteiger partial charge in [0.2, 0.25) is 0 Å². The average Bonchev–Trinajstić information content (AvgIpc) is 3.06. The maximum absolute atomic E-state index is 11.4. The summed E-state index contributed by atoms with van der Waals surface area (Å²) in [4.78, 5) is 11.4. The maximum Gasteiger partial charge on any atom is 0.0715 e. The van der Waals surface area contributed by atoms with Gasteiger partial charge in [-0.2, -0.15) is 0 Å². The Kier molecular flexibility index (Phi) is 3.73. The van der Waals surface area contributed by atoms with Crippen molar-refractivity contribution >= 4 is 23.3 Å². The van der Waals surface area contributed by atoms with Crippen molar-refractivity contribution in [2.45, 2.75) is 18.4 Å². The van der Waals surface area contributed by atoms with E-state index in [2.05, 4.69) is 35.6 Å². The SMILES string of the molecule is O=C([O-])c1ccc2c(c1)[C@H]1c3ccccc3C[C@@H]1[C@H](c1cccc(Cl)c1)N2. The molecule has 3 aromatic carbocycles. The number of fused-ring (bicyclic) bond motifs is 5. The van der Waals surface area contributed by atoms with Crippen LogP contribution in [0.15, 0.2) is 66.7 Å². The number of carbonyl (C=O) groups excluding carboxylic acids is 1. The van der Waals surface area contributed by atoms with E-state index in [0.717, 1.165) is 28.3 Å². The highest BCUT2D eigenvalue weighted by Crippen LogP contribution is 2.53. The zero-order valence-electron chi connectivity index (χ0n) is 14.5. The molecule has 27 heavy (non-hydrogen) atoms. The summed E-state index contributed by atoms with van der Waals surface area (Å²) in [7, 11) is 0. The molecule has 4 heteroatoms. The van der Waals surface area contributed by atoms with Crippen molar-refractivity contribution in [1.29, 1.82) is 0 Å². The first-order chi connectivity index (χ1) is 13.1. The molecule has 3 nitrogen and oxygen atoms in total. The Hall–Kier alpha value is -2.78. The van der Waals surface area contributed by atoms with Crippen molar-refractivity contribution in [2.75, 3.05) is 5.32 Å². The van der Waals surface area contributed by atoms with E-state index in [1.165, 1.54) is 11.1 Å². The monoisotopic (exact) mass is 374 g/mol. The molecule has 3 atom stereocenters. The van der Waals surface area contributed by atoms with E-state index >= 15 is 0 Å². The van der Waals surface area contributed by atoms with E-state index in [-0.39, 0.29) is 17.5 Å². The van der Waals surface area contributed by atoms with E-state index in [9.17, 15) is 9.90 Å². The number of anilines is 1. The molecule has 5 rings (SSSR count). The standard InChI is InChI=1S/C23H18ClNO2/c24-16-6-3-5-14(10-16)22-19-11-13-4-1-2-7-17(13)21(19)18-12-15(23(26)27)8-9-20(18)25-22/h1-10,12,19,21-22,25H,11H2,(H,26,27)/p-1/t19-,21+,22-/m0/s1. The van der Waals surface area contributed by atoms with Gasteiger partial charge in [-0.05, 0) is 64.4 Å². The van der Waals surface area contributed by atoms with Crippen LogP contribution >= 0.6 is 11.6 Å². The molecule has 0 amide bonds. The van der Waals surface area contributed by atoms with Crippen molar-refractivity contribution in [1.82, 2.24) is 0 Å². The molecule has 1 aliphatic heterocycles. The van der Waals surface area contributed by atoms with E-state index in [1.807, 2.05) is 24.3 Å². The van der Waals surface area contributed by atoms with E-state index in [0.29, 0.717) is 5.92 Å². The second kappa shape index (κ2) is 6.14. The zero-order chi connectivity index (χ0) is 18.5. The lowest BCUT2D eigenvalue weighted by molar-refractivity contribution is -0.255. The van der Waals surface area contributed by atoms with E-state index < -0.39 is 5.97 Å². The summed E-state index contributed by atoms with van der Waals surface area (Å²) in [5.41, 5.74) is 5.99. The zero-order valence-corrected chi connectivity index (χ0v) is 15.2. The van der Waals surface area contributed by atoms with Crippen LogP contribution in [0.1, 0.15) is 44.6 Å². The predicted octanol–water partition coefficient (Wildman–Crippen LogP) is 4.17. The van der Waals surface area contributed by atoms with Crippen LogP contribution in [0.2, 0.25) is 5.02 Å². The molecule has 1 aliphatic carbocycles. The highest BCUT2D eigenvalue weighted by Gasteiger charge is 2.43. The molecule has 1 N–H and O–H groups in total. The average molecular weight is 375 g/mol. The quantitative estimate of drug-likeness (QED) is 0.732. The third kappa shape index (κ3) is 2.62. The predicted molar refractivity (Wildman–Crippen MR) is 104 cm³/mol. The van der Waals surface area contributed by atoms with Gasteiger partial charge in [0, 0.05) is 16.6 Å². The summed E-state index contributed by atoms with van der Waals surface area (Å²) in [5, 5.41) is 15.8. The number of halogens is 1. The van der Waals surface area contributed by atoms with E-state index in [1.54, 1.807) is 12.1 Å². The number of carboxylic acid groups (broad SMARTS) is 1. The van der Waals surface area contributed by atoms with Gasteiger partial charge in [0.15, 0.2) is 0 Å². The second-order valence-electron chi connectivity index (χ2n) is 7.31. The fraction of sp³-hybridized carbons (Fsp3) is 0.174. The minimum atomic E-state index is -1.14. The number of hydrogen-bond donors (Lipinski definition) is 1. The molecule has 1 heterocycles. The van der Waals surface area contributed by atoms with Gasteiger partial charge in [-0.1, -0.05) is 54.1 Å². The summed E-state index contributed by atoms with van der Waals surface area (Å²) in [6.45, 7) is 0. The van der Waals surface area contributed by atoms with Crippen LogP contribution in [0.3, 0.4) is 0 Å². The molecule has 0 radical (unpaired) electrons. The maximum atomic E-state index is 11.4. The molecule has 0 saturated heterocycles. The van der Waals surface area contributed by atoms with Crippen LogP contribution < -0.4 is 10.4 Å². The third-order valence-electron chi connectivity index (χ3n) is 5.84. The van der Waals surface area contributed by atoms with Crippen LogP contribution in [0.5, 0.6) is 0 Å². The number of nitrogens with one attached hydrogen (secondary N) is 1. The molecule has 0 unspecified atom stereocenters. The lowest BCUT2D eigenvalue weighted by atomic mass is 9.75. The van der Waals surface area contributed by atoms with Gasteiger partial charge in [-0.25, -0.2) is 0 Å². The first-order valence-corrected chi connectivity index (χ1v) is 9.45. The van der Waals surface area contributed by atoms with Gasteiger partial charge in [0.25, 0.3) is 0 Å². The molecule has 0 bridgehead atoms. The van der Waals surface area contributed by atoms with Crippen molar-refractivity contribution in [2.24, 2.45) is 5.92 Å². The minimum absolute atomic E-state index is 0.113. The second-order valence-corrected chi connectivity index (χ2v) is 7.75. The number of benzene rings is 3. The van der Waals surface area contributed by atoms with Gasteiger partial charge < -0.3 is 15.2 Å². The lowest BCUT2D eigenvalue weighted by Crippen LogP contribution is -2.31. The molecule has 3 aromatic rings. The van der Waals surface area contributed by atoms with Crippen LogP contribution in [-0.4, -0.2) is 5.97 Å². The van der Waals surface area contributed by atoms with Gasteiger partial charge in [-0.15, -0.1) is 0 Å². The molecule has 134 valence electrons. The van der Waals surface area contributed by atoms with Gasteiger partial charge in [-0.3, -0.25) is 0 Å². The Morgan fingerprint density at radius 1 is 1.00 bits per heavy atom. The number of aromatic carboxylic acids is 1. The molecular formula is C23H17ClNO2-. The van der Waals surface area contributed by atoms with Crippen LogP contribution in [0, 0.1) is 5.92 Å². The first-order valence-electron chi connectivity index (χ1n) is 9.07. The van der Waals surface area contributed by atoms with Crippen molar-refractivity contribution < 1.29 is 9.90 Å². The minimum Gasteiger partial charge on any atom is -0.545 e. The summed E-state index contributed by atoms with van der Waals surface area (Å²) < 4.78 is 0. The van der Waals surface area contributed by atoms with Crippen LogP contribution in [0.25, 0.3) is 0 Å². The molecule has 2 aliphatic rings. The van der Waals surface area contributed by atoms with Gasteiger partial charge >= 0.3 is 0 Å². The molecule has 0 saturated carbocycles. The summed E-state index contributed by atoms with van der Waals surface area (Å²) in [5.74, 6) is -0.691. The molecule has 0 spiro atoms. The van der Waals surface area contributed by atoms with Gasteiger partial charge in [0.1, 0.15) is 0 Å². The Morgan fingerprint density at radius 2 is 1.85 bits per heavy atom. The summed E-state index contributed by atoms with van der Waals surface area (Å²) in [6, 6.07) is 21.8. The highest BCUT2D eigenvalue weighted by molar-refractivity contribution is 6.30. The number of rotatable bonds is 2. The smallest absolute Gasteiger partial charge is 0.0715 e. The summed E-state index contributed by atoms with van der Waals surface area (Å²) in [6.07, 6.45) is 0.944. The van der Waals surface area contributed by atoms with E-state index in [4.69, 9.17) is 11.6 Å². The lowest BCUT2D eigenvalue weighted by Gasteiger charge is -2.38. The summed E-state index contributed by atoms with van der Waals surface area (Å²) >= 11 is 6.25. The first kappa shape index (κ1) is 16.4. The largest absolute Gasteiger partial charge is 0.545 e. The highest BCUT2D eigenvalue weighted by atomic mass is 35.5. The molecular weight excluding hydrogens is 358 g/mol. The Labute approximate surface area is 162 Å². The fourth-order valence-electron chi connectivity index (χ4n) is 4.72. The normalized spacial score (nSPS) is 22.3. The third-order valence-corrected chi connectivity index (χ3v) is 6.08. The number of hydrogen-bond acceptors (Lipinski definition) is 3. The number of carboxylic acids is 1. The number of carbonyl (C=O) groups is 1.